The predicted octanol–water partition coefficient (Wildman–Crippen LogP) is 14.2. The fourth-order valence-corrected chi connectivity index (χ4v) is 12.6. The van der Waals surface area contributed by atoms with Crippen molar-refractivity contribution in [3.63, 3.8) is 0 Å². The minimum atomic E-state index is 0.0839. The van der Waals surface area contributed by atoms with Gasteiger partial charge in [-0.1, -0.05) is 164 Å². The molecule has 9 aromatic rings. The smallest absolute Gasteiger partial charge is 0.164 e. The molecule has 0 atom stereocenters. The number of hydrogen-bond donors (Lipinski definition) is 0. The van der Waals surface area contributed by atoms with Crippen LogP contribution in [-0.2, 0) is 5.41 Å². The normalized spacial score (nSPS) is 22.1. The van der Waals surface area contributed by atoms with E-state index in [2.05, 4.69) is 158 Å². The second kappa shape index (κ2) is 13.1. The summed E-state index contributed by atoms with van der Waals surface area (Å²) in [4.78, 5) is 15.2. The van der Waals surface area contributed by atoms with Gasteiger partial charge in [-0.15, -0.1) is 0 Å². The number of fused-ring (bicyclic) bond motifs is 6. The second-order valence-electron chi connectivity index (χ2n) is 18.0. The highest BCUT2D eigenvalue weighted by atomic mass is 15.0. The van der Waals surface area contributed by atoms with Crippen molar-refractivity contribution in [3.05, 3.63) is 187 Å². The maximum Gasteiger partial charge on any atom is 0.164 e. The summed E-state index contributed by atoms with van der Waals surface area (Å²) in [5, 5.41) is 5.11. The Morgan fingerprint density at radius 2 is 0.917 bits per heavy atom. The standard InChI is InChI=1S/C57H43N3/c1-2-12-41(13-3-1)54-58-55(60-56(59-54)45-25-22-37-10-4-5-14-42(37)34-45)44-16-8-15-43(33-44)38-20-23-40(24-21-38)49-18-9-19-50-52-48-17-7-6-11-39(48)26-27-51(52)57(53(49)50)46-29-35-28-36(31-46)32-47(57)30-35/h1-27,33-36,46-47H,28-32H2. The Morgan fingerprint density at radius 1 is 0.367 bits per heavy atom. The molecule has 0 radical (unpaired) electrons. The fraction of sp³-hybridized carbons (Fsp3) is 0.175. The molecule has 286 valence electrons. The van der Waals surface area contributed by atoms with Crippen molar-refractivity contribution in [2.24, 2.45) is 23.7 Å². The molecule has 0 N–H and O–H groups in total. The Hall–Kier alpha value is -6.71. The van der Waals surface area contributed by atoms with Gasteiger partial charge < -0.3 is 0 Å². The Morgan fingerprint density at radius 3 is 1.68 bits per heavy atom. The molecule has 4 fully saturated rings. The molecular formula is C57H43N3. The van der Waals surface area contributed by atoms with Crippen molar-refractivity contribution in [3.8, 4) is 67.5 Å². The van der Waals surface area contributed by atoms with E-state index in [9.17, 15) is 0 Å². The SMILES string of the molecule is c1ccc(-c2nc(-c3cccc(-c4ccc(-c5cccc6c5C5(c7ccc8ccccc8c7-6)C6CC7CC(C6)CC5C7)cc4)c3)nc(-c3ccc4ccccc4c3)n2)cc1. The molecular weight excluding hydrogens is 727 g/mol. The average molecular weight is 770 g/mol. The lowest BCUT2D eigenvalue weighted by Gasteiger charge is -2.61. The van der Waals surface area contributed by atoms with E-state index in [4.69, 9.17) is 15.0 Å². The van der Waals surface area contributed by atoms with Crippen LogP contribution in [0.3, 0.4) is 0 Å². The number of nitrogens with zero attached hydrogens (tertiary/aromatic N) is 3. The van der Waals surface area contributed by atoms with Gasteiger partial charge in [0.05, 0.1) is 0 Å². The zero-order chi connectivity index (χ0) is 39.4. The van der Waals surface area contributed by atoms with Crippen LogP contribution in [0, 0.1) is 23.7 Å². The van der Waals surface area contributed by atoms with E-state index in [0.29, 0.717) is 29.3 Å². The van der Waals surface area contributed by atoms with Gasteiger partial charge in [0.15, 0.2) is 17.5 Å². The van der Waals surface area contributed by atoms with Crippen molar-refractivity contribution in [1.29, 1.82) is 0 Å². The lowest BCUT2D eigenvalue weighted by atomic mass is 9.42. The zero-order valence-corrected chi connectivity index (χ0v) is 33.4. The highest BCUT2D eigenvalue weighted by Crippen LogP contribution is 2.71. The van der Waals surface area contributed by atoms with E-state index in [1.165, 1.54) is 76.1 Å². The van der Waals surface area contributed by atoms with Crippen LogP contribution in [0.4, 0.5) is 0 Å². The van der Waals surface area contributed by atoms with E-state index < -0.39 is 0 Å². The third-order valence-corrected chi connectivity index (χ3v) is 14.9. The first-order chi connectivity index (χ1) is 29.7. The monoisotopic (exact) mass is 769 g/mol. The van der Waals surface area contributed by atoms with Crippen molar-refractivity contribution >= 4 is 21.5 Å². The van der Waals surface area contributed by atoms with Gasteiger partial charge in [0, 0.05) is 22.1 Å². The molecule has 0 aliphatic heterocycles. The van der Waals surface area contributed by atoms with Crippen molar-refractivity contribution in [2.75, 3.05) is 0 Å². The van der Waals surface area contributed by atoms with Gasteiger partial charge >= 0.3 is 0 Å². The minimum Gasteiger partial charge on any atom is -0.208 e. The van der Waals surface area contributed by atoms with Crippen LogP contribution < -0.4 is 0 Å². The van der Waals surface area contributed by atoms with Gasteiger partial charge in [0.1, 0.15) is 0 Å². The van der Waals surface area contributed by atoms with Gasteiger partial charge in [-0.25, -0.2) is 15.0 Å². The summed E-state index contributed by atoms with van der Waals surface area (Å²) in [5.74, 6) is 5.22. The Bertz CT molecular complexity index is 3140. The molecule has 0 saturated heterocycles. The molecule has 1 aromatic heterocycles. The van der Waals surface area contributed by atoms with Crippen LogP contribution >= 0.6 is 0 Å². The summed E-state index contributed by atoms with van der Waals surface area (Å²) in [7, 11) is 0. The molecule has 4 bridgehead atoms. The third kappa shape index (κ3) is 5.11. The van der Waals surface area contributed by atoms with Crippen molar-refractivity contribution < 1.29 is 0 Å². The summed E-state index contributed by atoms with van der Waals surface area (Å²) >= 11 is 0. The Labute approximate surface area is 350 Å². The van der Waals surface area contributed by atoms with Crippen LogP contribution in [0.15, 0.2) is 176 Å². The number of benzene rings is 8. The number of rotatable bonds is 5. The van der Waals surface area contributed by atoms with Gasteiger partial charge in [0.2, 0.25) is 0 Å². The van der Waals surface area contributed by atoms with Gasteiger partial charge in [-0.2, -0.15) is 0 Å². The maximum absolute atomic E-state index is 5.11. The van der Waals surface area contributed by atoms with Crippen molar-refractivity contribution in [1.82, 2.24) is 15.0 Å². The van der Waals surface area contributed by atoms with Crippen LogP contribution in [0.5, 0.6) is 0 Å². The average Bonchev–Trinajstić information content (AvgIpc) is 3.62. The molecule has 5 aliphatic rings. The molecule has 14 rings (SSSR count). The third-order valence-electron chi connectivity index (χ3n) is 14.9. The van der Waals surface area contributed by atoms with E-state index in [0.717, 1.165) is 39.5 Å². The second-order valence-corrected chi connectivity index (χ2v) is 18.0. The van der Waals surface area contributed by atoms with Crippen LogP contribution in [0.1, 0.15) is 43.2 Å². The van der Waals surface area contributed by atoms with E-state index in [1.54, 1.807) is 11.1 Å². The molecule has 1 heterocycles. The largest absolute Gasteiger partial charge is 0.208 e. The summed E-state index contributed by atoms with van der Waals surface area (Å²) < 4.78 is 0. The first kappa shape index (κ1) is 34.2. The summed E-state index contributed by atoms with van der Waals surface area (Å²) in [6.07, 6.45) is 6.96. The lowest BCUT2D eigenvalue weighted by Crippen LogP contribution is -2.55. The van der Waals surface area contributed by atoms with Crippen LogP contribution in [-0.4, -0.2) is 15.0 Å². The maximum atomic E-state index is 5.11. The van der Waals surface area contributed by atoms with Crippen LogP contribution in [0.25, 0.3) is 89.1 Å². The summed E-state index contributed by atoms with van der Waals surface area (Å²) in [6.45, 7) is 0. The highest BCUT2D eigenvalue weighted by Gasteiger charge is 2.62. The quantitative estimate of drug-likeness (QED) is 0.175. The minimum absolute atomic E-state index is 0.0839. The molecule has 1 spiro atoms. The fourth-order valence-electron chi connectivity index (χ4n) is 12.6. The topological polar surface area (TPSA) is 38.7 Å². The summed E-state index contributed by atoms with van der Waals surface area (Å²) in [6, 6.07) is 64.4. The number of aromatic nitrogens is 3. The summed E-state index contributed by atoms with van der Waals surface area (Å²) in [5.41, 5.74) is 14.2. The van der Waals surface area contributed by atoms with E-state index >= 15 is 0 Å². The molecule has 0 amide bonds. The molecule has 4 saturated carbocycles. The molecule has 3 heteroatoms. The molecule has 0 unspecified atom stereocenters. The molecule has 3 nitrogen and oxygen atoms in total. The Kier molecular flexibility index (Phi) is 7.49. The van der Waals surface area contributed by atoms with Gasteiger partial charge in [0.25, 0.3) is 0 Å². The van der Waals surface area contributed by atoms with Gasteiger partial charge in [-0.05, 0) is 134 Å². The van der Waals surface area contributed by atoms with Crippen molar-refractivity contribution in [2.45, 2.75) is 37.5 Å². The highest BCUT2D eigenvalue weighted by molar-refractivity contribution is 6.04. The van der Waals surface area contributed by atoms with Gasteiger partial charge in [-0.3, -0.25) is 0 Å². The number of hydrogen-bond acceptors (Lipinski definition) is 3. The molecule has 60 heavy (non-hydrogen) atoms. The lowest BCUT2D eigenvalue weighted by molar-refractivity contribution is -0.0397. The first-order valence-electron chi connectivity index (χ1n) is 21.9. The van der Waals surface area contributed by atoms with E-state index in [-0.39, 0.29) is 5.41 Å². The molecule has 5 aliphatic carbocycles. The Balaban J connectivity index is 0.907. The van der Waals surface area contributed by atoms with Crippen LogP contribution in [0.2, 0.25) is 0 Å². The van der Waals surface area contributed by atoms with E-state index in [1.807, 2.05) is 18.2 Å². The predicted molar refractivity (Wildman–Crippen MR) is 245 cm³/mol. The zero-order valence-electron chi connectivity index (χ0n) is 33.4. The first-order valence-corrected chi connectivity index (χ1v) is 21.9. The molecule has 8 aromatic carbocycles.